The van der Waals surface area contributed by atoms with Crippen LogP contribution in [-0.2, 0) is 12.8 Å². The molecule has 2 aromatic rings. The summed E-state index contributed by atoms with van der Waals surface area (Å²) in [5.74, 6) is -0.264. The molecule has 1 fully saturated rings. The van der Waals surface area contributed by atoms with Crippen molar-refractivity contribution < 1.29 is 9.59 Å². The predicted octanol–water partition coefficient (Wildman–Crippen LogP) is 2.35. The summed E-state index contributed by atoms with van der Waals surface area (Å²) < 4.78 is 0. The number of carbonyl (C=O) groups is 2. The first-order valence-corrected chi connectivity index (χ1v) is 10.4. The lowest BCUT2D eigenvalue weighted by molar-refractivity contribution is 0.0696. The van der Waals surface area contributed by atoms with Gasteiger partial charge in [-0.25, -0.2) is 0 Å². The Kier molecular flexibility index (Phi) is 5.11. The largest absolute Gasteiger partial charge is 0.349 e. The van der Waals surface area contributed by atoms with Gasteiger partial charge in [0.25, 0.3) is 17.4 Å². The Morgan fingerprint density at radius 1 is 1.19 bits per heavy atom. The molecule has 2 N–H and O–H groups in total. The number of carbonyl (C=O) groups excluding carboxylic acids is 2. The molecule has 0 aromatic carbocycles. The van der Waals surface area contributed by atoms with Crippen LogP contribution >= 0.6 is 11.3 Å². The van der Waals surface area contributed by atoms with Crippen LogP contribution in [0.3, 0.4) is 0 Å². The van der Waals surface area contributed by atoms with Crippen LogP contribution in [0.2, 0.25) is 0 Å². The number of thiophene rings is 1. The number of hydrogen-bond donors (Lipinski definition) is 2. The second-order valence-corrected chi connectivity index (χ2v) is 8.06. The third-order valence-corrected chi connectivity index (χ3v) is 6.15. The second kappa shape index (κ2) is 7.68. The lowest BCUT2D eigenvalue weighted by atomic mass is 9.94. The molecule has 0 bridgehead atoms. The van der Waals surface area contributed by atoms with Gasteiger partial charge in [-0.15, -0.1) is 0 Å². The molecule has 3 heterocycles. The van der Waals surface area contributed by atoms with Crippen LogP contribution in [0.15, 0.2) is 27.7 Å². The first kappa shape index (κ1) is 18.0. The van der Waals surface area contributed by atoms with Gasteiger partial charge in [-0.05, 0) is 61.6 Å². The fraction of sp³-hybridized carbons (Fsp3) is 0.450. The quantitative estimate of drug-likeness (QED) is 0.851. The maximum absolute atomic E-state index is 12.8. The van der Waals surface area contributed by atoms with Crippen LogP contribution in [0.25, 0.3) is 0 Å². The van der Waals surface area contributed by atoms with E-state index in [9.17, 15) is 14.4 Å². The number of nitrogens with zero attached hydrogens (tertiary/aromatic N) is 1. The maximum atomic E-state index is 12.8. The Morgan fingerprint density at radius 3 is 2.70 bits per heavy atom. The van der Waals surface area contributed by atoms with E-state index in [1.54, 1.807) is 17.0 Å². The first-order valence-electron chi connectivity index (χ1n) is 9.49. The molecule has 1 saturated heterocycles. The van der Waals surface area contributed by atoms with E-state index in [1.807, 2.05) is 10.8 Å². The fourth-order valence-corrected chi connectivity index (χ4v) is 4.53. The molecule has 1 aliphatic heterocycles. The van der Waals surface area contributed by atoms with E-state index in [4.69, 9.17) is 0 Å². The smallest absolute Gasteiger partial charge is 0.261 e. The van der Waals surface area contributed by atoms with Crippen LogP contribution < -0.4 is 10.9 Å². The van der Waals surface area contributed by atoms with E-state index in [-0.39, 0.29) is 29.0 Å². The maximum Gasteiger partial charge on any atom is 0.261 e. The molecule has 2 amide bonds. The highest BCUT2D eigenvalue weighted by molar-refractivity contribution is 7.08. The van der Waals surface area contributed by atoms with E-state index in [1.165, 1.54) is 11.3 Å². The van der Waals surface area contributed by atoms with Crippen LogP contribution in [0.1, 0.15) is 57.7 Å². The van der Waals surface area contributed by atoms with Gasteiger partial charge in [0.15, 0.2) is 0 Å². The zero-order valence-electron chi connectivity index (χ0n) is 15.1. The average Bonchev–Trinajstić information content (AvgIpc) is 3.22. The van der Waals surface area contributed by atoms with E-state index in [0.29, 0.717) is 31.5 Å². The summed E-state index contributed by atoms with van der Waals surface area (Å²) in [5, 5.41) is 6.75. The summed E-state index contributed by atoms with van der Waals surface area (Å²) in [6.45, 7) is 1.09. The van der Waals surface area contributed by atoms with Crippen molar-refractivity contribution in [2.24, 2.45) is 0 Å². The number of fused-ring (bicyclic) bond motifs is 1. The summed E-state index contributed by atoms with van der Waals surface area (Å²) in [5.41, 5.74) is 2.73. The SMILES string of the molecule is O=C(NC1CCN(C(=O)c2cc3c([nH]c2=O)CCCC3)CC1)c1ccsc1. The standard InChI is InChI=1S/C20H23N3O3S/c24-18(14-7-10-27-12-14)21-15-5-8-23(9-6-15)20(26)16-11-13-3-1-2-4-17(13)22-19(16)25/h7,10-12,15H,1-6,8-9H2,(H,21,24)(H,22,25). The molecule has 2 aromatic heterocycles. The van der Waals surface area contributed by atoms with Gasteiger partial charge in [0.1, 0.15) is 5.56 Å². The number of nitrogens with one attached hydrogen (secondary N) is 2. The number of piperidine rings is 1. The molecule has 0 atom stereocenters. The molecule has 4 rings (SSSR count). The third kappa shape index (κ3) is 3.83. The molecule has 1 aliphatic carbocycles. The molecular weight excluding hydrogens is 362 g/mol. The topological polar surface area (TPSA) is 82.3 Å². The monoisotopic (exact) mass is 385 g/mol. The molecule has 142 valence electrons. The number of likely N-dealkylation sites (tertiary alicyclic amines) is 1. The number of rotatable bonds is 3. The van der Waals surface area contributed by atoms with Gasteiger partial charge in [0.05, 0.1) is 0 Å². The van der Waals surface area contributed by atoms with E-state index < -0.39 is 0 Å². The number of aromatic amines is 1. The van der Waals surface area contributed by atoms with Gasteiger partial charge in [0, 0.05) is 35.8 Å². The first-order chi connectivity index (χ1) is 13.1. The highest BCUT2D eigenvalue weighted by atomic mass is 32.1. The molecule has 0 spiro atoms. The Labute approximate surface area is 161 Å². The van der Waals surface area contributed by atoms with Crippen molar-refractivity contribution in [1.29, 1.82) is 0 Å². The summed E-state index contributed by atoms with van der Waals surface area (Å²) >= 11 is 1.50. The normalized spacial score (nSPS) is 17.4. The van der Waals surface area contributed by atoms with Gasteiger partial charge in [0.2, 0.25) is 0 Å². The van der Waals surface area contributed by atoms with E-state index in [2.05, 4.69) is 10.3 Å². The highest BCUT2D eigenvalue weighted by Gasteiger charge is 2.27. The molecule has 27 heavy (non-hydrogen) atoms. The Hall–Kier alpha value is -2.41. The van der Waals surface area contributed by atoms with Gasteiger partial charge in [-0.3, -0.25) is 14.4 Å². The lowest BCUT2D eigenvalue weighted by Crippen LogP contribution is -2.47. The van der Waals surface area contributed by atoms with Crippen molar-refractivity contribution in [2.45, 2.75) is 44.6 Å². The number of amides is 2. The van der Waals surface area contributed by atoms with Gasteiger partial charge in [-0.1, -0.05) is 0 Å². The number of pyridine rings is 1. The summed E-state index contributed by atoms with van der Waals surface area (Å²) in [6, 6.07) is 3.66. The number of H-pyrrole nitrogens is 1. The number of aryl methyl sites for hydroxylation is 2. The Morgan fingerprint density at radius 2 is 1.96 bits per heavy atom. The molecule has 0 radical (unpaired) electrons. The summed E-state index contributed by atoms with van der Waals surface area (Å²) in [7, 11) is 0. The minimum absolute atomic E-state index is 0.0586. The zero-order valence-corrected chi connectivity index (χ0v) is 15.9. The van der Waals surface area contributed by atoms with Crippen LogP contribution in [-0.4, -0.2) is 40.8 Å². The molecule has 7 heteroatoms. The van der Waals surface area contributed by atoms with Gasteiger partial charge >= 0.3 is 0 Å². The third-order valence-electron chi connectivity index (χ3n) is 5.47. The van der Waals surface area contributed by atoms with Crippen molar-refractivity contribution in [3.8, 4) is 0 Å². The van der Waals surface area contributed by atoms with Crippen molar-refractivity contribution in [1.82, 2.24) is 15.2 Å². The van der Waals surface area contributed by atoms with Crippen molar-refractivity contribution in [3.05, 3.63) is 55.6 Å². The molecule has 0 unspecified atom stereocenters. The van der Waals surface area contributed by atoms with Crippen molar-refractivity contribution >= 4 is 23.2 Å². The van der Waals surface area contributed by atoms with Crippen LogP contribution in [0.4, 0.5) is 0 Å². The summed E-state index contributed by atoms with van der Waals surface area (Å²) in [6.07, 6.45) is 5.38. The summed E-state index contributed by atoms with van der Waals surface area (Å²) in [4.78, 5) is 42.0. The van der Waals surface area contributed by atoms with Gasteiger partial charge < -0.3 is 15.2 Å². The lowest BCUT2D eigenvalue weighted by Gasteiger charge is -2.32. The van der Waals surface area contributed by atoms with Crippen LogP contribution in [0, 0.1) is 0 Å². The van der Waals surface area contributed by atoms with Crippen LogP contribution in [0.5, 0.6) is 0 Å². The Bertz CT molecular complexity index is 896. The van der Waals surface area contributed by atoms with Gasteiger partial charge in [-0.2, -0.15) is 11.3 Å². The fourth-order valence-electron chi connectivity index (χ4n) is 3.89. The van der Waals surface area contributed by atoms with E-state index >= 15 is 0 Å². The Balaban J connectivity index is 1.39. The molecular formula is C20H23N3O3S. The van der Waals surface area contributed by atoms with Crippen molar-refractivity contribution in [3.63, 3.8) is 0 Å². The zero-order chi connectivity index (χ0) is 18.8. The minimum atomic E-state index is -0.284. The van der Waals surface area contributed by atoms with E-state index in [0.717, 1.165) is 36.9 Å². The van der Waals surface area contributed by atoms with Crippen molar-refractivity contribution in [2.75, 3.05) is 13.1 Å². The number of hydrogen-bond acceptors (Lipinski definition) is 4. The molecule has 0 saturated carbocycles. The molecule has 2 aliphatic rings. The molecule has 6 nitrogen and oxygen atoms in total. The second-order valence-electron chi connectivity index (χ2n) is 7.27. The minimum Gasteiger partial charge on any atom is -0.349 e. The average molecular weight is 385 g/mol. The number of aromatic nitrogens is 1. The predicted molar refractivity (Wildman–Crippen MR) is 104 cm³/mol. The highest BCUT2D eigenvalue weighted by Crippen LogP contribution is 2.20.